The summed E-state index contributed by atoms with van der Waals surface area (Å²) < 4.78 is 15.4. The van der Waals surface area contributed by atoms with Crippen LogP contribution in [0.1, 0.15) is 29.5 Å². The number of aliphatic carboxylic acids is 1. The van der Waals surface area contributed by atoms with Crippen molar-refractivity contribution in [2.24, 2.45) is 0 Å². The second-order valence-corrected chi connectivity index (χ2v) is 5.43. The normalized spacial score (nSPS) is 11.6. The van der Waals surface area contributed by atoms with Crippen molar-refractivity contribution in [3.63, 3.8) is 0 Å². The molecule has 1 atom stereocenters. The summed E-state index contributed by atoms with van der Waals surface area (Å²) in [6.07, 6.45) is -0.293. The van der Waals surface area contributed by atoms with E-state index in [1.54, 1.807) is 31.2 Å². The predicted molar refractivity (Wildman–Crippen MR) is 87.6 cm³/mol. The number of carboxylic acids is 1. The fraction of sp³-hybridized carbons (Fsp3) is 0.353. The third-order valence-corrected chi connectivity index (χ3v) is 3.55. The van der Waals surface area contributed by atoms with Gasteiger partial charge in [0.15, 0.2) is 0 Å². The summed E-state index contributed by atoms with van der Waals surface area (Å²) in [7, 11) is 2.99. The monoisotopic (exact) mass is 348 g/mol. The van der Waals surface area contributed by atoms with Crippen LogP contribution >= 0.6 is 0 Å². The molecule has 0 fully saturated rings. The van der Waals surface area contributed by atoms with Gasteiger partial charge in [-0.2, -0.15) is 0 Å². The average Bonchev–Trinajstić information content (AvgIpc) is 2.97. The van der Waals surface area contributed by atoms with E-state index in [0.29, 0.717) is 28.5 Å². The smallest absolute Gasteiger partial charge is 0.305 e. The van der Waals surface area contributed by atoms with Crippen LogP contribution in [0.25, 0.3) is 0 Å². The van der Waals surface area contributed by atoms with Crippen LogP contribution in [0.3, 0.4) is 0 Å². The molecule has 134 valence electrons. The minimum absolute atomic E-state index is 0.00801. The largest absolute Gasteiger partial charge is 0.497 e. The highest BCUT2D eigenvalue weighted by Gasteiger charge is 2.22. The number of nitrogens with zero attached hydrogens (tertiary/aromatic N) is 1. The number of aromatic nitrogens is 1. The van der Waals surface area contributed by atoms with Gasteiger partial charge in [-0.05, 0) is 19.1 Å². The van der Waals surface area contributed by atoms with Crippen LogP contribution in [0.15, 0.2) is 28.8 Å². The first-order valence-electron chi connectivity index (χ1n) is 7.58. The highest BCUT2D eigenvalue weighted by atomic mass is 16.5. The molecule has 1 heterocycles. The molecule has 0 saturated heterocycles. The topological polar surface area (TPSA) is 111 Å². The molecular formula is C17H20N2O6. The maximum absolute atomic E-state index is 12.3. The molecule has 0 spiro atoms. The third kappa shape index (κ3) is 4.97. The number of hydrogen-bond donors (Lipinski definition) is 2. The molecule has 8 nitrogen and oxygen atoms in total. The van der Waals surface area contributed by atoms with Crippen molar-refractivity contribution in [2.75, 3.05) is 14.2 Å². The number of amides is 1. The fourth-order valence-corrected chi connectivity index (χ4v) is 2.43. The molecule has 1 aromatic heterocycles. The maximum atomic E-state index is 12.3. The number of rotatable bonds is 8. The third-order valence-electron chi connectivity index (χ3n) is 3.55. The molecule has 2 aromatic rings. The van der Waals surface area contributed by atoms with Gasteiger partial charge in [0.05, 0.1) is 38.8 Å². The molecule has 1 aromatic carbocycles. The van der Waals surface area contributed by atoms with Crippen molar-refractivity contribution in [1.82, 2.24) is 10.5 Å². The second-order valence-electron chi connectivity index (χ2n) is 5.43. The van der Waals surface area contributed by atoms with E-state index in [0.717, 1.165) is 0 Å². The van der Waals surface area contributed by atoms with Gasteiger partial charge < -0.3 is 24.4 Å². The number of carbonyl (C=O) groups is 2. The number of nitrogens with one attached hydrogen (secondary N) is 1. The molecule has 25 heavy (non-hydrogen) atoms. The van der Waals surface area contributed by atoms with Gasteiger partial charge in [-0.1, -0.05) is 5.16 Å². The quantitative estimate of drug-likeness (QED) is 0.749. The summed E-state index contributed by atoms with van der Waals surface area (Å²) in [4.78, 5) is 23.5. The van der Waals surface area contributed by atoms with E-state index in [-0.39, 0.29) is 18.7 Å². The van der Waals surface area contributed by atoms with Gasteiger partial charge in [0, 0.05) is 17.7 Å². The van der Waals surface area contributed by atoms with Crippen molar-refractivity contribution >= 4 is 11.9 Å². The van der Waals surface area contributed by atoms with E-state index in [2.05, 4.69) is 10.5 Å². The summed E-state index contributed by atoms with van der Waals surface area (Å²) in [6, 6.07) is 5.89. The molecular weight excluding hydrogens is 328 g/mol. The Morgan fingerprint density at radius 2 is 2.04 bits per heavy atom. The van der Waals surface area contributed by atoms with Crippen molar-refractivity contribution in [3.05, 3.63) is 41.3 Å². The first-order chi connectivity index (χ1) is 11.9. The Labute approximate surface area is 144 Å². The molecule has 0 bridgehead atoms. The predicted octanol–water partition coefficient (Wildman–Crippen LogP) is 1.87. The minimum Gasteiger partial charge on any atom is -0.497 e. The second kappa shape index (κ2) is 8.18. The molecule has 0 aliphatic rings. The Hall–Kier alpha value is -3.03. The Bertz CT molecular complexity index is 755. The molecule has 0 aliphatic heterocycles. The summed E-state index contributed by atoms with van der Waals surface area (Å²) >= 11 is 0. The van der Waals surface area contributed by atoms with E-state index in [1.807, 2.05) is 0 Å². The molecule has 0 radical (unpaired) electrons. The van der Waals surface area contributed by atoms with Crippen LogP contribution in [-0.2, 0) is 16.0 Å². The lowest BCUT2D eigenvalue weighted by molar-refractivity contribution is -0.137. The van der Waals surface area contributed by atoms with Crippen LogP contribution < -0.4 is 14.8 Å². The molecule has 1 amide bonds. The van der Waals surface area contributed by atoms with Crippen molar-refractivity contribution < 1.29 is 28.7 Å². The van der Waals surface area contributed by atoms with E-state index < -0.39 is 12.0 Å². The molecule has 0 aliphatic carbocycles. The Morgan fingerprint density at radius 1 is 1.28 bits per heavy atom. The van der Waals surface area contributed by atoms with Gasteiger partial charge in [-0.25, -0.2) is 0 Å². The number of ether oxygens (including phenoxy) is 2. The maximum Gasteiger partial charge on any atom is 0.305 e. The van der Waals surface area contributed by atoms with Crippen molar-refractivity contribution in [2.45, 2.75) is 25.8 Å². The highest BCUT2D eigenvalue weighted by Crippen LogP contribution is 2.31. The Balaban J connectivity index is 2.20. The zero-order valence-corrected chi connectivity index (χ0v) is 14.2. The van der Waals surface area contributed by atoms with Gasteiger partial charge in [0.2, 0.25) is 5.91 Å². The Kier molecular flexibility index (Phi) is 5.99. The molecule has 0 saturated carbocycles. The number of aryl methyl sites for hydroxylation is 1. The lowest BCUT2D eigenvalue weighted by Gasteiger charge is -2.20. The first kappa shape index (κ1) is 18.3. The van der Waals surface area contributed by atoms with Crippen LogP contribution in [0.4, 0.5) is 0 Å². The number of benzene rings is 1. The summed E-state index contributed by atoms with van der Waals surface area (Å²) in [6.45, 7) is 1.73. The van der Waals surface area contributed by atoms with E-state index in [1.165, 1.54) is 14.2 Å². The molecule has 2 N–H and O–H groups in total. The summed E-state index contributed by atoms with van der Waals surface area (Å²) in [5, 5.41) is 15.6. The van der Waals surface area contributed by atoms with Gasteiger partial charge in [-0.3, -0.25) is 9.59 Å². The van der Waals surface area contributed by atoms with Gasteiger partial charge in [0.1, 0.15) is 17.3 Å². The highest BCUT2D eigenvalue weighted by molar-refractivity contribution is 5.79. The average molecular weight is 348 g/mol. The van der Waals surface area contributed by atoms with Crippen LogP contribution in [0, 0.1) is 6.92 Å². The number of methoxy groups -OCH3 is 2. The van der Waals surface area contributed by atoms with Crippen molar-refractivity contribution in [1.29, 1.82) is 0 Å². The Morgan fingerprint density at radius 3 is 2.60 bits per heavy atom. The van der Waals surface area contributed by atoms with Crippen LogP contribution in [0.2, 0.25) is 0 Å². The zero-order chi connectivity index (χ0) is 18.4. The standard InChI is InChI=1S/C17H20N2O6/c1-10-6-11(19-25-10)7-16(20)18-14(9-17(21)22)13-5-4-12(23-2)8-15(13)24-3/h4-6,8,14H,7,9H2,1-3H3,(H,18,20)(H,21,22). The van der Waals surface area contributed by atoms with E-state index >= 15 is 0 Å². The first-order valence-corrected chi connectivity index (χ1v) is 7.58. The van der Waals surface area contributed by atoms with Crippen LogP contribution in [-0.4, -0.2) is 36.4 Å². The summed E-state index contributed by atoms with van der Waals surface area (Å²) in [5.74, 6) is 0.196. The lowest BCUT2D eigenvalue weighted by atomic mass is 10.0. The molecule has 1 unspecified atom stereocenters. The molecule has 2 rings (SSSR count). The van der Waals surface area contributed by atoms with Crippen molar-refractivity contribution in [3.8, 4) is 11.5 Å². The minimum atomic E-state index is -1.04. The van der Waals surface area contributed by atoms with Crippen LogP contribution in [0.5, 0.6) is 11.5 Å². The number of carbonyl (C=O) groups excluding carboxylic acids is 1. The number of carboxylic acid groups (broad SMARTS) is 1. The van der Waals surface area contributed by atoms with E-state index in [4.69, 9.17) is 14.0 Å². The zero-order valence-electron chi connectivity index (χ0n) is 14.2. The summed E-state index contributed by atoms with van der Waals surface area (Å²) in [5.41, 5.74) is 1.03. The van der Waals surface area contributed by atoms with Gasteiger partial charge in [0.25, 0.3) is 0 Å². The molecule has 8 heteroatoms. The van der Waals surface area contributed by atoms with Gasteiger partial charge >= 0.3 is 5.97 Å². The lowest BCUT2D eigenvalue weighted by Crippen LogP contribution is -2.31. The number of hydrogen-bond acceptors (Lipinski definition) is 6. The SMILES string of the molecule is COc1ccc(C(CC(=O)O)NC(=O)Cc2cc(C)on2)c(OC)c1. The van der Waals surface area contributed by atoms with Gasteiger partial charge in [-0.15, -0.1) is 0 Å². The van der Waals surface area contributed by atoms with E-state index in [9.17, 15) is 14.7 Å². The fourth-order valence-electron chi connectivity index (χ4n) is 2.43.